The molecular formula is C18H16N2OS. The van der Waals surface area contributed by atoms with Crippen molar-refractivity contribution < 1.29 is 4.79 Å². The van der Waals surface area contributed by atoms with Crippen molar-refractivity contribution >= 4 is 27.5 Å². The van der Waals surface area contributed by atoms with E-state index in [4.69, 9.17) is 0 Å². The van der Waals surface area contributed by atoms with Gasteiger partial charge < -0.3 is 5.32 Å². The molecule has 2 aromatic carbocycles. The van der Waals surface area contributed by atoms with Gasteiger partial charge in [-0.1, -0.05) is 30.3 Å². The maximum Gasteiger partial charge on any atom is 0.252 e. The van der Waals surface area contributed by atoms with Gasteiger partial charge in [-0.05, 0) is 43.0 Å². The zero-order chi connectivity index (χ0) is 15.0. The first-order valence-electron chi connectivity index (χ1n) is 7.48. The predicted octanol–water partition coefficient (Wildman–Crippen LogP) is 4.11. The van der Waals surface area contributed by atoms with Gasteiger partial charge in [0.05, 0.1) is 21.3 Å². The molecule has 1 heterocycles. The van der Waals surface area contributed by atoms with E-state index in [1.165, 1.54) is 5.56 Å². The second kappa shape index (κ2) is 5.21. The Morgan fingerprint density at radius 3 is 2.68 bits per heavy atom. The molecule has 4 heteroatoms. The molecule has 1 aliphatic rings. The summed E-state index contributed by atoms with van der Waals surface area (Å²) >= 11 is 1.56. The first-order chi connectivity index (χ1) is 10.8. The number of carbonyl (C=O) groups excluding carboxylic acids is 1. The van der Waals surface area contributed by atoms with Gasteiger partial charge >= 0.3 is 0 Å². The van der Waals surface area contributed by atoms with Gasteiger partial charge in [0, 0.05) is 5.56 Å². The summed E-state index contributed by atoms with van der Waals surface area (Å²) < 4.78 is 1.05. The summed E-state index contributed by atoms with van der Waals surface area (Å²) in [6.07, 6.45) is 3.17. The lowest BCUT2D eigenvalue weighted by Crippen LogP contribution is -2.50. The molecule has 1 saturated carbocycles. The third-order valence-corrected chi connectivity index (χ3v) is 5.27. The predicted molar refractivity (Wildman–Crippen MR) is 89.1 cm³/mol. The number of fused-ring (bicyclic) bond motifs is 1. The molecule has 1 aliphatic carbocycles. The van der Waals surface area contributed by atoms with Crippen LogP contribution in [0.1, 0.15) is 35.2 Å². The normalized spacial score (nSPS) is 16.2. The topological polar surface area (TPSA) is 42.0 Å². The van der Waals surface area contributed by atoms with Crippen LogP contribution in [0.15, 0.2) is 54.0 Å². The van der Waals surface area contributed by atoms with Crippen molar-refractivity contribution in [2.24, 2.45) is 0 Å². The lowest BCUT2D eigenvalue weighted by atomic mass is 9.71. The van der Waals surface area contributed by atoms with Crippen LogP contribution in [0.25, 0.3) is 10.2 Å². The highest BCUT2D eigenvalue weighted by molar-refractivity contribution is 7.16. The summed E-state index contributed by atoms with van der Waals surface area (Å²) in [7, 11) is 0. The number of nitrogens with one attached hydrogen (secondary N) is 1. The van der Waals surface area contributed by atoms with E-state index in [1.54, 1.807) is 11.3 Å². The van der Waals surface area contributed by atoms with Gasteiger partial charge in [0.1, 0.15) is 0 Å². The highest BCUT2D eigenvalue weighted by Gasteiger charge is 2.40. The molecule has 1 amide bonds. The summed E-state index contributed by atoms with van der Waals surface area (Å²) in [4.78, 5) is 16.9. The summed E-state index contributed by atoms with van der Waals surface area (Å²) in [5, 5.41) is 3.26. The molecule has 0 unspecified atom stereocenters. The number of benzene rings is 2. The fourth-order valence-corrected chi connectivity index (χ4v) is 3.78. The molecule has 3 aromatic rings. The second-order valence-electron chi connectivity index (χ2n) is 5.79. The Kier molecular flexibility index (Phi) is 3.19. The largest absolute Gasteiger partial charge is 0.343 e. The quantitative estimate of drug-likeness (QED) is 0.791. The van der Waals surface area contributed by atoms with Crippen LogP contribution in [0.4, 0.5) is 0 Å². The SMILES string of the molecule is O=C(NC1(c2ccccc2)CCC1)c1ccc2ncsc2c1. The Labute approximate surface area is 133 Å². The zero-order valence-corrected chi connectivity index (χ0v) is 12.9. The van der Waals surface area contributed by atoms with Crippen molar-refractivity contribution in [1.29, 1.82) is 0 Å². The smallest absolute Gasteiger partial charge is 0.252 e. The van der Waals surface area contributed by atoms with Gasteiger partial charge in [-0.25, -0.2) is 4.98 Å². The van der Waals surface area contributed by atoms with Gasteiger partial charge in [0.15, 0.2) is 0 Å². The van der Waals surface area contributed by atoms with Crippen LogP contribution >= 0.6 is 11.3 Å². The minimum absolute atomic E-state index is 0.00106. The number of amides is 1. The van der Waals surface area contributed by atoms with Gasteiger partial charge in [-0.2, -0.15) is 0 Å². The minimum atomic E-state index is -0.193. The molecule has 0 atom stereocenters. The summed E-state index contributed by atoms with van der Waals surface area (Å²) in [5.74, 6) is -0.00106. The number of nitrogens with zero attached hydrogens (tertiary/aromatic N) is 1. The average molecular weight is 308 g/mol. The molecule has 0 radical (unpaired) electrons. The minimum Gasteiger partial charge on any atom is -0.343 e. The Morgan fingerprint density at radius 1 is 1.14 bits per heavy atom. The van der Waals surface area contributed by atoms with Crippen molar-refractivity contribution in [3.8, 4) is 0 Å². The summed E-state index contributed by atoms with van der Waals surface area (Å²) in [6.45, 7) is 0. The molecular weight excluding hydrogens is 292 g/mol. The average Bonchev–Trinajstić information content (AvgIpc) is 2.99. The van der Waals surface area contributed by atoms with E-state index in [0.29, 0.717) is 5.56 Å². The molecule has 0 saturated heterocycles. The lowest BCUT2D eigenvalue weighted by molar-refractivity contribution is 0.0823. The molecule has 1 aromatic heterocycles. The van der Waals surface area contributed by atoms with E-state index < -0.39 is 0 Å². The molecule has 1 N–H and O–H groups in total. The highest BCUT2D eigenvalue weighted by atomic mass is 32.1. The van der Waals surface area contributed by atoms with Crippen LogP contribution in [0, 0.1) is 0 Å². The van der Waals surface area contributed by atoms with Gasteiger partial charge in [0.2, 0.25) is 0 Å². The van der Waals surface area contributed by atoms with Crippen molar-refractivity contribution in [2.75, 3.05) is 0 Å². The first-order valence-corrected chi connectivity index (χ1v) is 8.36. The third-order valence-electron chi connectivity index (χ3n) is 4.48. The molecule has 0 bridgehead atoms. The van der Waals surface area contributed by atoms with Gasteiger partial charge in [-0.3, -0.25) is 4.79 Å². The summed E-state index contributed by atoms with van der Waals surface area (Å²) in [5.41, 5.74) is 4.47. The Morgan fingerprint density at radius 2 is 1.95 bits per heavy atom. The molecule has 4 rings (SSSR count). The fraction of sp³-hybridized carbons (Fsp3) is 0.222. The molecule has 110 valence electrons. The van der Waals surface area contributed by atoms with E-state index in [1.807, 2.05) is 41.9 Å². The van der Waals surface area contributed by atoms with Crippen molar-refractivity contribution in [3.05, 3.63) is 65.2 Å². The van der Waals surface area contributed by atoms with E-state index in [2.05, 4.69) is 22.4 Å². The number of thiazole rings is 1. The van der Waals surface area contributed by atoms with E-state index in [-0.39, 0.29) is 11.4 Å². The van der Waals surface area contributed by atoms with Crippen LogP contribution < -0.4 is 5.32 Å². The lowest BCUT2D eigenvalue weighted by Gasteiger charge is -2.43. The van der Waals surface area contributed by atoms with Crippen molar-refractivity contribution in [2.45, 2.75) is 24.8 Å². The molecule has 1 fully saturated rings. The van der Waals surface area contributed by atoms with Crippen LogP contribution in [-0.2, 0) is 5.54 Å². The molecule has 3 nitrogen and oxygen atoms in total. The number of rotatable bonds is 3. The maximum atomic E-state index is 12.7. The number of hydrogen-bond donors (Lipinski definition) is 1. The summed E-state index contributed by atoms with van der Waals surface area (Å²) in [6, 6.07) is 16.0. The zero-order valence-electron chi connectivity index (χ0n) is 12.1. The molecule has 0 spiro atoms. The number of carbonyl (C=O) groups is 1. The van der Waals surface area contributed by atoms with Crippen molar-refractivity contribution in [3.63, 3.8) is 0 Å². The molecule has 0 aliphatic heterocycles. The van der Waals surface area contributed by atoms with Gasteiger partial charge in [-0.15, -0.1) is 11.3 Å². The second-order valence-corrected chi connectivity index (χ2v) is 6.68. The van der Waals surface area contributed by atoms with Crippen LogP contribution in [0.3, 0.4) is 0 Å². The van der Waals surface area contributed by atoms with Crippen LogP contribution in [-0.4, -0.2) is 10.9 Å². The Hall–Kier alpha value is -2.20. The van der Waals surface area contributed by atoms with Crippen LogP contribution in [0.2, 0.25) is 0 Å². The maximum absolute atomic E-state index is 12.7. The van der Waals surface area contributed by atoms with Gasteiger partial charge in [0.25, 0.3) is 5.91 Å². The Bertz CT molecular complexity index is 821. The highest BCUT2D eigenvalue weighted by Crippen LogP contribution is 2.41. The van der Waals surface area contributed by atoms with E-state index in [9.17, 15) is 4.79 Å². The third kappa shape index (κ3) is 2.20. The standard InChI is InChI=1S/C18H16N2OS/c21-17(13-7-8-15-16(11-13)22-12-19-15)20-18(9-4-10-18)14-5-2-1-3-6-14/h1-3,5-8,11-12H,4,9-10H2,(H,20,21). The van der Waals surface area contributed by atoms with E-state index >= 15 is 0 Å². The monoisotopic (exact) mass is 308 g/mol. The Balaban J connectivity index is 1.62. The number of hydrogen-bond acceptors (Lipinski definition) is 3. The first kappa shape index (κ1) is 13.5. The van der Waals surface area contributed by atoms with Crippen LogP contribution in [0.5, 0.6) is 0 Å². The fourth-order valence-electron chi connectivity index (χ4n) is 3.06. The molecule has 22 heavy (non-hydrogen) atoms. The van der Waals surface area contributed by atoms with Crippen molar-refractivity contribution in [1.82, 2.24) is 10.3 Å². The number of aromatic nitrogens is 1. The van der Waals surface area contributed by atoms with E-state index in [0.717, 1.165) is 29.5 Å².